The summed E-state index contributed by atoms with van der Waals surface area (Å²) in [6.45, 7) is 6.79. The molecule has 0 atom stereocenters. The van der Waals surface area contributed by atoms with Crippen molar-refractivity contribution in [1.82, 2.24) is 5.32 Å². The first-order valence-electron chi connectivity index (χ1n) is 7.83. The average Bonchev–Trinajstić information content (AvgIpc) is 2.69. The number of hydrogen-bond acceptors (Lipinski definition) is 4. The Morgan fingerprint density at radius 2 is 1.96 bits per heavy atom. The molecule has 0 unspecified atom stereocenters. The second-order valence-corrected chi connectivity index (χ2v) is 7.49. The van der Waals surface area contributed by atoms with Gasteiger partial charge in [-0.15, -0.1) is 0 Å². The van der Waals surface area contributed by atoms with E-state index in [9.17, 15) is 9.59 Å². The highest BCUT2D eigenvalue weighted by molar-refractivity contribution is 6.34. The Morgan fingerprint density at radius 1 is 1.30 bits per heavy atom. The summed E-state index contributed by atoms with van der Waals surface area (Å²) in [6, 6.07) is 5.29. The Balaban J connectivity index is 2.09. The number of ether oxygens (including phenoxy) is 1. The van der Waals surface area contributed by atoms with Crippen molar-refractivity contribution in [3.05, 3.63) is 28.8 Å². The summed E-state index contributed by atoms with van der Waals surface area (Å²) in [5.74, 6) is -0.226. The van der Waals surface area contributed by atoms with Gasteiger partial charge in [-0.05, 0) is 58.8 Å². The highest BCUT2D eigenvalue weighted by Gasteiger charge is 2.54. The first-order valence-corrected chi connectivity index (χ1v) is 8.21. The standard InChI is InChI=1S/C17H21ClN2O3/c1-16(2,3)23-15(22)20-12-6-4-5-11(18)13(12)17(14(20)21)7-9-19-10-8-17/h4-6,19H,7-10H2,1-3H3. The van der Waals surface area contributed by atoms with Crippen molar-refractivity contribution < 1.29 is 14.3 Å². The van der Waals surface area contributed by atoms with Gasteiger partial charge in [-0.1, -0.05) is 17.7 Å². The van der Waals surface area contributed by atoms with Gasteiger partial charge in [-0.2, -0.15) is 0 Å². The van der Waals surface area contributed by atoms with Crippen molar-refractivity contribution in [2.75, 3.05) is 18.0 Å². The third-order valence-electron chi connectivity index (χ3n) is 4.36. The summed E-state index contributed by atoms with van der Waals surface area (Å²) in [5, 5.41) is 3.79. The number of nitrogens with one attached hydrogen (secondary N) is 1. The molecule has 1 aromatic rings. The second kappa shape index (κ2) is 5.49. The van der Waals surface area contributed by atoms with Crippen molar-refractivity contribution in [2.45, 2.75) is 44.6 Å². The molecular formula is C17H21ClN2O3. The van der Waals surface area contributed by atoms with Crippen LogP contribution in [0, 0.1) is 0 Å². The second-order valence-electron chi connectivity index (χ2n) is 7.09. The van der Waals surface area contributed by atoms with E-state index < -0.39 is 17.1 Å². The van der Waals surface area contributed by atoms with Gasteiger partial charge in [0.25, 0.3) is 0 Å². The molecule has 1 N–H and O–H groups in total. The third kappa shape index (κ3) is 2.62. The molecule has 5 nitrogen and oxygen atoms in total. The maximum atomic E-state index is 13.2. The number of halogens is 1. The fourth-order valence-corrected chi connectivity index (χ4v) is 3.76. The number of benzene rings is 1. The summed E-state index contributed by atoms with van der Waals surface area (Å²) in [4.78, 5) is 26.9. The van der Waals surface area contributed by atoms with Gasteiger partial charge >= 0.3 is 6.09 Å². The predicted molar refractivity (Wildman–Crippen MR) is 89.0 cm³/mol. The fraction of sp³-hybridized carbons (Fsp3) is 0.529. The maximum absolute atomic E-state index is 13.2. The quantitative estimate of drug-likeness (QED) is 0.790. The summed E-state index contributed by atoms with van der Waals surface area (Å²) in [7, 11) is 0. The van der Waals surface area contributed by atoms with Crippen LogP contribution >= 0.6 is 11.6 Å². The average molecular weight is 337 g/mol. The molecule has 1 aromatic carbocycles. The van der Waals surface area contributed by atoms with E-state index in [1.807, 2.05) is 0 Å². The molecule has 1 spiro atoms. The number of piperidine rings is 1. The van der Waals surface area contributed by atoms with E-state index in [2.05, 4.69) is 5.32 Å². The van der Waals surface area contributed by atoms with Crippen molar-refractivity contribution in [1.29, 1.82) is 0 Å². The summed E-state index contributed by atoms with van der Waals surface area (Å²) in [6.07, 6.45) is 0.616. The summed E-state index contributed by atoms with van der Waals surface area (Å²) >= 11 is 6.41. The lowest BCUT2D eigenvalue weighted by Gasteiger charge is -2.33. The van der Waals surface area contributed by atoms with E-state index in [-0.39, 0.29) is 5.91 Å². The van der Waals surface area contributed by atoms with Gasteiger partial charge in [0, 0.05) is 10.6 Å². The van der Waals surface area contributed by atoms with Crippen LogP contribution in [0.3, 0.4) is 0 Å². The van der Waals surface area contributed by atoms with Crippen molar-refractivity contribution in [3.63, 3.8) is 0 Å². The number of rotatable bonds is 0. The van der Waals surface area contributed by atoms with Gasteiger partial charge in [0.15, 0.2) is 0 Å². The van der Waals surface area contributed by atoms with E-state index in [1.54, 1.807) is 39.0 Å². The Morgan fingerprint density at radius 3 is 2.57 bits per heavy atom. The highest BCUT2D eigenvalue weighted by Crippen LogP contribution is 2.50. The predicted octanol–water partition coefficient (Wildman–Crippen LogP) is 3.24. The van der Waals surface area contributed by atoms with Crippen LogP contribution in [-0.2, 0) is 14.9 Å². The number of anilines is 1. The summed E-state index contributed by atoms with van der Waals surface area (Å²) < 4.78 is 5.43. The molecule has 0 aromatic heterocycles. The van der Waals surface area contributed by atoms with E-state index in [4.69, 9.17) is 16.3 Å². The molecule has 6 heteroatoms. The Bertz CT molecular complexity index is 660. The molecule has 2 aliphatic heterocycles. The Kier molecular flexibility index (Phi) is 3.89. The minimum Gasteiger partial charge on any atom is -0.443 e. The molecule has 2 heterocycles. The summed E-state index contributed by atoms with van der Waals surface area (Å²) in [5.41, 5.74) is -0.0758. The van der Waals surface area contributed by atoms with Crippen molar-refractivity contribution >= 4 is 29.3 Å². The molecule has 0 saturated carbocycles. The zero-order valence-corrected chi connectivity index (χ0v) is 14.4. The largest absolute Gasteiger partial charge is 0.443 e. The lowest BCUT2D eigenvalue weighted by molar-refractivity contribution is -0.123. The molecule has 0 aliphatic carbocycles. The smallest absolute Gasteiger partial charge is 0.421 e. The van der Waals surface area contributed by atoms with Gasteiger partial charge in [-0.25, -0.2) is 9.69 Å². The van der Waals surface area contributed by atoms with Gasteiger partial charge in [0.1, 0.15) is 5.60 Å². The first kappa shape index (κ1) is 16.3. The van der Waals surface area contributed by atoms with Crippen LogP contribution in [0.5, 0.6) is 0 Å². The van der Waals surface area contributed by atoms with Gasteiger partial charge in [-0.3, -0.25) is 4.79 Å². The molecule has 2 amide bonds. The number of carbonyl (C=O) groups excluding carboxylic acids is 2. The zero-order chi connectivity index (χ0) is 16.8. The number of hydrogen-bond donors (Lipinski definition) is 1. The molecule has 2 aliphatic rings. The molecule has 0 radical (unpaired) electrons. The maximum Gasteiger partial charge on any atom is 0.421 e. The monoisotopic (exact) mass is 336 g/mol. The Hall–Kier alpha value is -1.59. The van der Waals surface area contributed by atoms with E-state index in [0.29, 0.717) is 23.6 Å². The van der Waals surface area contributed by atoms with Crippen LogP contribution < -0.4 is 10.2 Å². The highest BCUT2D eigenvalue weighted by atomic mass is 35.5. The third-order valence-corrected chi connectivity index (χ3v) is 4.67. The Labute approximate surface area is 140 Å². The van der Waals surface area contributed by atoms with Gasteiger partial charge < -0.3 is 10.1 Å². The molecular weight excluding hydrogens is 316 g/mol. The topological polar surface area (TPSA) is 58.6 Å². The van der Waals surface area contributed by atoms with Crippen LogP contribution in [-0.4, -0.2) is 30.7 Å². The minimum absolute atomic E-state index is 0.226. The lowest BCUT2D eigenvalue weighted by Crippen LogP contribution is -2.49. The minimum atomic E-state index is -0.726. The van der Waals surface area contributed by atoms with E-state index in [0.717, 1.165) is 23.6 Å². The van der Waals surface area contributed by atoms with E-state index in [1.165, 1.54) is 0 Å². The number of imide groups is 1. The zero-order valence-electron chi connectivity index (χ0n) is 13.6. The SMILES string of the molecule is CC(C)(C)OC(=O)N1C(=O)C2(CCNCC2)c2c(Cl)cccc21. The van der Waals surface area contributed by atoms with Crippen LogP contribution in [0.1, 0.15) is 39.2 Å². The van der Waals surface area contributed by atoms with Crippen LogP contribution in [0.25, 0.3) is 0 Å². The number of fused-ring (bicyclic) bond motifs is 2. The van der Waals surface area contributed by atoms with Crippen molar-refractivity contribution in [2.24, 2.45) is 0 Å². The molecule has 23 heavy (non-hydrogen) atoms. The van der Waals surface area contributed by atoms with Crippen LogP contribution in [0.4, 0.5) is 10.5 Å². The molecule has 3 rings (SSSR count). The van der Waals surface area contributed by atoms with E-state index >= 15 is 0 Å². The fourth-order valence-electron chi connectivity index (χ4n) is 3.41. The van der Waals surface area contributed by atoms with Crippen LogP contribution in [0.15, 0.2) is 18.2 Å². The normalized spacial score (nSPS) is 19.8. The lowest BCUT2D eigenvalue weighted by atomic mass is 9.74. The number of carbonyl (C=O) groups is 2. The van der Waals surface area contributed by atoms with Crippen LogP contribution in [0.2, 0.25) is 5.02 Å². The molecule has 1 saturated heterocycles. The number of amides is 2. The molecule has 124 valence electrons. The van der Waals surface area contributed by atoms with Gasteiger partial charge in [0.2, 0.25) is 5.91 Å². The van der Waals surface area contributed by atoms with Crippen molar-refractivity contribution in [3.8, 4) is 0 Å². The molecule has 1 fully saturated rings. The number of nitrogens with zero attached hydrogens (tertiary/aromatic N) is 1. The first-order chi connectivity index (χ1) is 10.8. The molecule has 0 bridgehead atoms. The van der Waals surface area contributed by atoms with Gasteiger partial charge in [0.05, 0.1) is 11.1 Å².